The van der Waals surface area contributed by atoms with Crippen molar-refractivity contribution in [2.75, 3.05) is 0 Å². The van der Waals surface area contributed by atoms with Crippen molar-refractivity contribution in [1.82, 2.24) is 9.78 Å². The Labute approximate surface area is 124 Å². The lowest BCUT2D eigenvalue weighted by molar-refractivity contribution is 0.199. The Balaban J connectivity index is 1.98. The predicted molar refractivity (Wildman–Crippen MR) is 84.4 cm³/mol. The van der Waals surface area contributed by atoms with Gasteiger partial charge in [-0.15, -0.1) is 0 Å². The van der Waals surface area contributed by atoms with Gasteiger partial charge in [0.15, 0.2) is 0 Å². The Kier molecular flexibility index (Phi) is 3.59. The summed E-state index contributed by atoms with van der Waals surface area (Å²) in [4.78, 5) is 0. The molecule has 1 atom stereocenters. The molecule has 1 N–H and O–H groups in total. The van der Waals surface area contributed by atoms with Gasteiger partial charge in [0.1, 0.15) is 0 Å². The maximum absolute atomic E-state index is 9.57. The van der Waals surface area contributed by atoms with Gasteiger partial charge < -0.3 is 5.11 Å². The second-order valence-electron chi connectivity index (χ2n) is 5.22. The molecule has 0 radical (unpaired) electrons. The van der Waals surface area contributed by atoms with Gasteiger partial charge in [0.2, 0.25) is 0 Å². The van der Waals surface area contributed by atoms with Crippen LogP contribution in [0.25, 0.3) is 16.9 Å². The minimum Gasteiger partial charge on any atom is -0.389 e. The number of aryl methyl sites for hydroxylation is 1. The zero-order chi connectivity index (χ0) is 14.8. The molecular weight excluding hydrogens is 260 g/mol. The molecule has 21 heavy (non-hydrogen) atoms. The van der Waals surface area contributed by atoms with Crippen LogP contribution < -0.4 is 0 Å². The van der Waals surface area contributed by atoms with E-state index in [2.05, 4.69) is 23.3 Å². The molecule has 0 aliphatic rings. The van der Waals surface area contributed by atoms with Crippen molar-refractivity contribution in [2.24, 2.45) is 0 Å². The molecule has 1 heterocycles. The molecule has 3 aromatic rings. The van der Waals surface area contributed by atoms with E-state index in [9.17, 15) is 5.11 Å². The van der Waals surface area contributed by atoms with Crippen LogP contribution >= 0.6 is 0 Å². The number of hydrogen-bond acceptors (Lipinski definition) is 2. The second-order valence-corrected chi connectivity index (χ2v) is 5.22. The van der Waals surface area contributed by atoms with Crippen LogP contribution in [0.4, 0.5) is 0 Å². The van der Waals surface area contributed by atoms with Crippen molar-refractivity contribution in [2.45, 2.75) is 20.0 Å². The van der Waals surface area contributed by atoms with E-state index in [1.54, 1.807) is 6.92 Å². The molecule has 0 aliphatic heterocycles. The zero-order valence-corrected chi connectivity index (χ0v) is 12.2. The van der Waals surface area contributed by atoms with E-state index in [0.717, 1.165) is 28.2 Å². The van der Waals surface area contributed by atoms with Crippen LogP contribution in [0.2, 0.25) is 0 Å². The van der Waals surface area contributed by atoms with Gasteiger partial charge >= 0.3 is 0 Å². The summed E-state index contributed by atoms with van der Waals surface area (Å²) in [5, 5.41) is 14.2. The summed E-state index contributed by atoms with van der Waals surface area (Å²) in [6.45, 7) is 3.81. The van der Waals surface area contributed by atoms with Crippen LogP contribution in [0.1, 0.15) is 24.3 Å². The highest BCUT2D eigenvalue weighted by Crippen LogP contribution is 2.22. The molecule has 3 nitrogen and oxygen atoms in total. The van der Waals surface area contributed by atoms with Gasteiger partial charge in [0.05, 0.1) is 17.5 Å². The van der Waals surface area contributed by atoms with Crippen molar-refractivity contribution in [3.63, 3.8) is 0 Å². The molecule has 2 aromatic carbocycles. The molecule has 1 unspecified atom stereocenters. The predicted octanol–water partition coefficient (Wildman–Crippen LogP) is 3.90. The Bertz CT molecular complexity index is 728. The first kappa shape index (κ1) is 13.6. The van der Waals surface area contributed by atoms with E-state index in [1.807, 2.05) is 54.1 Å². The number of benzene rings is 2. The largest absolute Gasteiger partial charge is 0.389 e. The van der Waals surface area contributed by atoms with Crippen LogP contribution in [0.3, 0.4) is 0 Å². The summed E-state index contributed by atoms with van der Waals surface area (Å²) in [6.07, 6.45) is -0.447. The standard InChI is InChI=1S/C18H18N2O/c1-13-12-18(16-6-4-3-5-7-16)19-20(13)17-10-8-15(9-11-17)14(2)21/h3-12,14,21H,1-2H3. The molecule has 106 valence electrons. The lowest BCUT2D eigenvalue weighted by atomic mass is 10.1. The fourth-order valence-corrected chi connectivity index (χ4v) is 2.38. The second kappa shape index (κ2) is 5.54. The summed E-state index contributed by atoms with van der Waals surface area (Å²) < 4.78 is 1.92. The Hall–Kier alpha value is -2.39. The van der Waals surface area contributed by atoms with Gasteiger partial charge in [-0.3, -0.25) is 0 Å². The average molecular weight is 278 g/mol. The average Bonchev–Trinajstić information content (AvgIpc) is 2.90. The quantitative estimate of drug-likeness (QED) is 0.789. The zero-order valence-electron chi connectivity index (χ0n) is 12.2. The molecule has 0 bridgehead atoms. The Morgan fingerprint density at radius 3 is 2.29 bits per heavy atom. The van der Waals surface area contributed by atoms with E-state index in [1.165, 1.54) is 0 Å². The van der Waals surface area contributed by atoms with Gasteiger partial charge in [0.25, 0.3) is 0 Å². The van der Waals surface area contributed by atoms with E-state index in [-0.39, 0.29) is 0 Å². The third-order valence-corrected chi connectivity index (χ3v) is 3.58. The van der Waals surface area contributed by atoms with Crippen LogP contribution in [-0.2, 0) is 0 Å². The summed E-state index contributed by atoms with van der Waals surface area (Å²) in [6, 6.07) is 20.1. The molecule has 0 spiro atoms. The van der Waals surface area contributed by atoms with Crippen molar-refractivity contribution in [3.05, 3.63) is 71.9 Å². The minimum atomic E-state index is -0.447. The van der Waals surface area contributed by atoms with Gasteiger partial charge in [0, 0.05) is 11.3 Å². The lowest BCUT2D eigenvalue weighted by Gasteiger charge is -2.07. The van der Waals surface area contributed by atoms with Gasteiger partial charge in [-0.25, -0.2) is 4.68 Å². The lowest BCUT2D eigenvalue weighted by Crippen LogP contribution is -1.99. The Morgan fingerprint density at radius 2 is 1.67 bits per heavy atom. The number of hydrogen-bond donors (Lipinski definition) is 1. The maximum atomic E-state index is 9.57. The smallest absolute Gasteiger partial charge is 0.0930 e. The number of nitrogens with zero attached hydrogens (tertiary/aromatic N) is 2. The summed E-state index contributed by atoms with van der Waals surface area (Å²) in [5.41, 5.74) is 5.07. The summed E-state index contributed by atoms with van der Waals surface area (Å²) >= 11 is 0. The molecule has 0 fully saturated rings. The SMILES string of the molecule is Cc1cc(-c2ccccc2)nn1-c1ccc(C(C)O)cc1. The number of rotatable bonds is 3. The van der Waals surface area contributed by atoms with E-state index in [4.69, 9.17) is 0 Å². The highest BCUT2D eigenvalue weighted by atomic mass is 16.3. The molecular formula is C18H18N2O. The van der Waals surface area contributed by atoms with Crippen LogP contribution in [0, 0.1) is 6.92 Å². The first-order valence-corrected chi connectivity index (χ1v) is 7.05. The number of aromatic nitrogens is 2. The van der Waals surface area contributed by atoms with Crippen molar-refractivity contribution < 1.29 is 5.11 Å². The third kappa shape index (κ3) is 2.73. The number of aliphatic hydroxyl groups is 1. The highest BCUT2D eigenvalue weighted by Gasteiger charge is 2.08. The van der Waals surface area contributed by atoms with Crippen molar-refractivity contribution in [1.29, 1.82) is 0 Å². The van der Waals surface area contributed by atoms with Gasteiger partial charge in [-0.2, -0.15) is 5.10 Å². The van der Waals surface area contributed by atoms with Crippen LogP contribution in [0.15, 0.2) is 60.7 Å². The number of aliphatic hydroxyl groups excluding tert-OH is 1. The molecule has 0 saturated carbocycles. The van der Waals surface area contributed by atoms with E-state index in [0.29, 0.717) is 0 Å². The van der Waals surface area contributed by atoms with Crippen LogP contribution in [-0.4, -0.2) is 14.9 Å². The topological polar surface area (TPSA) is 38.0 Å². The monoisotopic (exact) mass is 278 g/mol. The van der Waals surface area contributed by atoms with E-state index >= 15 is 0 Å². The van der Waals surface area contributed by atoms with Crippen LogP contribution in [0.5, 0.6) is 0 Å². The third-order valence-electron chi connectivity index (χ3n) is 3.58. The molecule has 0 saturated heterocycles. The first-order chi connectivity index (χ1) is 10.1. The maximum Gasteiger partial charge on any atom is 0.0930 e. The van der Waals surface area contributed by atoms with Crippen molar-refractivity contribution >= 4 is 0 Å². The highest BCUT2D eigenvalue weighted by molar-refractivity contribution is 5.59. The molecule has 3 rings (SSSR count). The fraction of sp³-hybridized carbons (Fsp3) is 0.167. The normalized spacial score (nSPS) is 12.3. The van der Waals surface area contributed by atoms with Gasteiger partial charge in [-0.1, -0.05) is 42.5 Å². The van der Waals surface area contributed by atoms with Gasteiger partial charge in [-0.05, 0) is 37.6 Å². The fourth-order valence-electron chi connectivity index (χ4n) is 2.38. The molecule has 3 heteroatoms. The first-order valence-electron chi connectivity index (χ1n) is 7.05. The van der Waals surface area contributed by atoms with Crippen molar-refractivity contribution in [3.8, 4) is 16.9 Å². The molecule has 0 aliphatic carbocycles. The minimum absolute atomic E-state index is 0.447. The van der Waals surface area contributed by atoms with E-state index < -0.39 is 6.10 Å². The summed E-state index contributed by atoms with van der Waals surface area (Å²) in [5.74, 6) is 0. The molecule has 1 aromatic heterocycles. The Morgan fingerprint density at radius 1 is 1.00 bits per heavy atom. The molecule has 0 amide bonds. The summed E-state index contributed by atoms with van der Waals surface area (Å²) in [7, 11) is 0.